The number of nitrogens with zero attached hydrogens (tertiary/aromatic N) is 3. The lowest BCUT2D eigenvalue weighted by Gasteiger charge is -2.09. The second kappa shape index (κ2) is 7.56. The Bertz CT molecular complexity index is 1060. The number of fused-ring (bicyclic) bond motifs is 1. The Morgan fingerprint density at radius 2 is 1.73 bits per heavy atom. The van der Waals surface area contributed by atoms with Crippen LogP contribution in [-0.4, -0.2) is 19.1 Å². The summed E-state index contributed by atoms with van der Waals surface area (Å²) < 4.78 is 2.89. The molecule has 0 saturated heterocycles. The van der Waals surface area contributed by atoms with Gasteiger partial charge in [-0.15, -0.1) is 0 Å². The molecule has 0 atom stereocenters. The molecule has 3 rings (SSSR count). The Kier molecular flexibility index (Phi) is 5.21. The van der Waals surface area contributed by atoms with Gasteiger partial charge in [-0.3, -0.25) is 13.9 Å². The molecule has 1 aromatic carbocycles. The molecule has 0 spiro atoms. The van der Waals surface area contributed by atoms with Crippen LogP contribution in [0.3, 0.4) is 0 Å². The highest BCUT2D eigenvalue weighted by molar-refractivity contribution is 5.81. The van der Waals surface area contributed by atoms with Crippen molar-refractivity contribution in [1.82, 2.24) is 19.1 Å². The van der Waals surface area contributed by atoms with Crippen LogP contribution >= 0.6 is 0 Å². The van der Waals surface area contributed by atoms with Crippen molar-refractivity contribution in [2.45, 2.75) is 46.7 Å². The second-order valence-electron chi connectivity index (χ2n) is 6.41. The Morgan fingerprint density at radius 1 is 1.08 bits per heavy atom. The van der Waals surface area contributed by atoms with E-state index in [0.717, 1.165) is 24.0 Å². The minimum atomic E-state index is -0.302. The van der Waals surface area contributed by atoms with Crippen LogP contribution in [0.1, 0.15) is 45.0 Å². The molecule has 0 aliphatic carbocycles. The average molecular weight is 352 g/mol. The van der Waals surface area contributed by atoms with Crippen molar-refractivity contribution in [3.05, 3.63) is 62.6 Å². The molecule has 0 saturated carbocycles. The number of hydrogen-bond acceptors (Lipinski definition) is 3. The summed E-state index contributed by atoms with van der Waals surface area (Å²) in [5.41, 5.74) is 2.35. The highest BCUT2D eigenvalue weighted by atomic mass is 16.2. The van der Waals surface area contributed by atoms with E-state index in [9.17, 15) is 9.59 Å². The molecule has 0 bridgehead atoms. The standard InChI is InChI=1S/C20H24N4O2/c1-4-11-23-18-17(19(25)24(12-5-2)20(23)26)21-16(22-18)13-14(3)15-9-7-6-8-10-15/h6-10,13H,4-5,11-12H2,1-3H3,(H,21,22)/b14-13+. The van der Waals surface area contributed by atoms with E-state index >= 15 is 0 Å². The van der Waals surface area contributed by atoms with Gasteiger partial charge in [0.25, 0.3) is 5.56 Å². The van der Waals surface area contributed by atoms with Crippen LogP contribution in [-0.2, 0) is 13.1 Å². The van der Waals surface area contributed by atoms with Crippen molar-refractivity contribution in [2.24, 2.45) is 0 Å². The van der Waals surface area contributed by atoms with Crippen LogP contribution in [0.15, 0.2) is 39.9 Å². The zero-order chi connectivity index (χ0) is 18.7. The summed E-state index contributed by atoms with van der Waals surface area (Å²) >= 11 is 0. The summed E-state index contributed by atoms with van der Waals surface area (Å²) in [5.74, 6) is 0.581. The molecule has 2 aromatic heterocycles. The largest absolute Gasteiger partial charge is 0.333 e. The molecule has 1 N–H and O–H groups in total. The van der Waals surface area contributed by atoms with Gasteiger partial charge in [-0.25, -0.2) is 9.78 Å². The zero-order valence-corrected chi connectivity index (χ0v) is 15.5. The second-order valence-corrected chi connectivity index (χ2v) is 6.41. The van der Waals surface area contributed by atoms with Crippen molar-refractivity contribution in [2.75, 3.05) is 0 Å². The molecule has 0 unspecified atom stereocenters. The maximum absolute atomic E-state index is 12.7. The van der Waals surface area contributed by atoms with Gasteiger partial charge < -0.3 is 4.98 Å². The van der Waals surface area contributed by atoms with Gasteiger partial charge in [0.05, 0.1) is 0 Å². The first kappa shape index (κ1) is 17.9. The fraction of sp³-hybridized carbons (Fsp3) is 0.350. The summed E-state index contributed by atoms with van der Waals surface area (Å²) in [6.07, 6.45) is 3.42. The van der Waals surface area contributed by atoms with Crippen LogP contribution in [0.4, 0.5) is 0 Å². The fourth-order valence-corrected chi connectivity index (χ4v) is 3.09. The number of H-pyrrole nitrogens is 1. The number of rotatable bonds is 6. The van der Waals surface area contributed by atoms with E-state index in [0.29, 0.717) is 30.1 Å². The molecule has 136 valence electrons. The van der Waals surface area contributed by atoms with Crippen LogP contribution < -0.4 is 11.2 Å². The average Bonchev–Trinajstić information content (AvgIpc) is 3.06. The van der Waals surface area contributed by atoms with Gasteiger partial charge in [-0.05, 0) is 37.0 Å². The lowest BCUT2D eigenvalue weighted by molar-refractivity contribution is 0.555. The molecule has 26 heavy (non-hydrogen) atoms. The number of aromatic amines is 1. The third kappa shape index (κ3) is 3.27. The minimum Gasteiger partial charge on any atom is -0.333 e. The molecular weight excluding hydrogens is 328 g/mol. The first-order chi connectivity index (χ1) is 12.6. The first-order valence-corrected chi connectivity index (χ1v) is 9.03. The minimum absolute atomic E-state index is 0.284. The van der Waals surface area contributed by atoms with Crippen molar-refractivity contribution in [3.8, 4) is 0 Å². The van der Waals surface area contributed by atoms with E-state index in [-0.39, 0.29) is 11.2 Å². The van der Waals surface area contributed by atoms with E-state index in [1.165, 1.54) is 4.57 Å². The SMILES string of the molecule is CCCn1c(=O)c2[nH]c(/C=C(\C)c3ccccc3)nc2n(CCC)c1=O. The monoisotopic (exact) mass is 352 g/mol. The molecule has 2 heterocycles. The van der Waals surface area contributed by atoms with E-state index in [1.54, 1.807) is 4.57 Å². The summed E-state index contributed by atoms with van der Waals surface area (Å²) in [5, 5.41) is 0. The lowest BCUT2D eigenvalue weighted by atomic mass is 10.1. The predicted molar refractivity (Wildman–Crippen MR) is 105 cm³/mol. The normalized spacial score (nSPS) is 12.0. The highest BCUT2D eigenvalue weighted by Crippen LogP contribution is 2.17. The Labute approximate surface area is 151 Å². The van der Waals surface area contributed by atoms with Gasteiger partial charge in [0.1, 0.15) is 11.3 Å². The lowest BCUT2D eigenvalue weighted by Crippen LogP contribution is -2.40. The molecule has 0 aliphatic rings. The van der Waals surface area contributed by atoms with Crippen LogP contribution in [0.25, 0.3) is 22.8 Å². The summed E-state index contributed by atoms with van der Waals surface area (Å²) in [7, 11) is 0. The molecular formula is C20H24N4O2. The Morgan fingerprint density at radius 3 is 2.38 bits per heavy atom. The smallest absolute Gasteiger partial charge is 0.332 e. The zero-order valence-electron chi connectivity index (χ0n) is 15.5. The van der Waals surface area contributed by atoms with Crippen LogP contribution in [0.5, 0.6) is 0 Å². The van der Waals surface area contributed by atoms with Gasteiger partial charge in [0, 0.05) is 13.1 Å². The van der Waals surface area contributed by atoms with E-state index in [2.05, 4.69) is 9.97 Å². The number of allylic oxidation sites excluding steroid dienone is 1. The number of nitrogens with one attached hydrogen (secondary N) is 1. The molecule has 6 heteroatoms. The Hall–Kier alpha value is -2.89. The molecule has 0 fully saturated rings. The molecule has 3 aromatic rings. The topological polar surface area (TPSA) is 72.7 Å². The van der Waals surface area contributed by atoms with Gasteiger partial charge in [0.15, 0.2) is 5.65 Å². The predicted octanol–water partition coefficient (Wildman–Crippen LogP) is 3.27. The number of aromatic nitrogens is 4. The van der Waals surface area contributed by atoms with Crippen LogP contribution in [0, 0.1) is 0 Å². The molecule has 0 aliphatic heterocycles. The quantitative estimate of drug-likeness (QED) is 0.740. The van der Waals surface area contributed by atoms with Gasteiger partial charge >= 0.3 is 5.69 Å². The maximum atomic E-state index is 12.7. The van der Waals surface area contributed by atoms with Crippen molar-refractivity contribution in [3.63, 3.8) is 0 Å². The van der Waals surface area contributed by atoms with Crippen molar-refractivity contribution in [1.29, 1.82) is 0 Å². The highest BCUT2D eigenvalue weighted by Gasteiger charge is 2.16. The van der Waals surface area contributed by atoms with E-state index in [4.69, 9.17) is 0 Å². The van der Waals surface area contributed by atoms with Gasteiger partial charge in [-0.2, -0.15) is 0 Å². The number of imidazole rings is 1. The number of hydrogen-bond donors (Lipinski definition) is 1. The maximum Gasteiger partial charge on any atom is 0.332 e. The first-order valence-electron chi connectivity index (χ1n) is 9.03. The molecule has 0 radical (unpaired) electrons. The summed E-state index contributed by atoms with van der Waals surface area (Å²) in [6.45, 7) is 6.89. The van der Waals surface area contributed by atoms with Crippen LogP contribution in [0.2, 0.25) is 0 Å². The van der Waals surface area contributed by atoms with E-state index in [1.807, 2.05) is 57.2 Å². The number of benzene rings is 1. The van der Waals surface area contributed by atoms with Gasteiger partial charge in [0.2, 0.25) is 0 Å². The number of aryl methyl sites for hydroxylation is 1. The Balaban J connectivity index is 2.19. The van der Waals surface area contributed by atoms with Gasteiger partial charge in [-0.1, -0.05) is 44.2 Å². The third-order valence-corrected chi connectivity index (χ3v) is 4.36. The summed E-state index contributed by atoms with van der Waals surface area (Å²) in [4.78, 5) is 33.1. The fourth-order valence-electron chi connectivity index (χ4n) is 3.09. The van der Waals surface area contributed by atoms with E-state index < -0.39 is 0 Å². The van der Waals surface area contributed by atoms with Crippen molar-refractivity contribution < 1.29 is 0 Å². The third-order valence-electron chi connectivity index (χ3n) is 4.36. The summed E-state index contributed by atoms with van der Waals surface area (Å²) in [6, 6.07) is 9.98. The van der Waals surface area contributed by atoms with Crippen molar-refractivity contribution >= 4 is 22.8 Å². The molecule has 0 amide bonds. The molecule has 6 nitrogen and oxygen atoms in total.